The molecule has 11 heteroatoms. The molecule has 0 aromatic carbocycles. The van der Waals surface area contributed by atoms with Crippen LogP contribution in [0.15, 0.2) is 58.5 Å². The zero-order chi connectivity index (χ0) is 26.6. The number of nitriles is 1. The Kier molecular flexibility index (Phi) is 7.58. The van der Waals surface area contributed by atoms with E-state index in [0.29, 0.717) is 41.1 Å². The minimum absolute atomic E-state index is 0.218. The monoisotopic (exact) mass is 521 g/mol. The van der Waals surface area contributed by atoms with E-state index in [0.717, 1.165) is 48.2 Å². The summed E-state index contributed by atoms with van der Waals surface area (Å²) in [5.74, 6) is 1.03. The molecule has 0 bridgehead atoms. The third-order valence-electron chi connectivity index (χ3n) is 7.51. The number of fused-ring (bicyclic) bond motifs is 1. The number of pyridine rings is 1. The molecule has 2 aromatic rings. The lowest BCUT2D eigenvalue weighted by Crippen LogP contribution is -2.25. The van der Waals surface area contributed by atoms with Crippen molar-refractivity contribution in [1.82, 2.24) is 19.9 Å². The molecule has 1 aliphatic heterocycles. The van der Waals surface area contributed by atoms with E-state index < -0.39 is 12.7 Å². The zero-order valence-electron chi connectivity index (χ0n) is 21.5. The maximum absolute atomic E-state index is 13.8. The summed E-state index contributed by atoms with van der Waals surface area (Å²) in [6, 6.07) is 5.52. The molecule has 38 heavy (non-hydrogen) atoms. The largest absolute Gasteiger partial charge is 0.482 e. The highest BCUT2D eigenvalue weighted by Gasteiger charge is 2.37. The van der Waals surface area contributed by atoms with Crippen LogP contribution in [0, 0.1) is 29.2 Å². The van der Waals surface area contributed by atoms with E-state index in [4.69, 9.17) is 10.00 Å². The molecular weight excluding hydrogens is 490 g/mol. The van der Waals surface area contributed by atoms with Gasteiger partial charge in [0.2, 0.25) is 5.70 Å². The summed E-state index contributed by atoms with van der Waals surface area (Å²) in [7, 11) is 0. The Morgan fingerprint density at radius 3 is 2.79 bits per heavy atom. The predicted octanol–water partition coefficient (Wildman–Crippen LogP) is 5.54. The summed E-state index contributed by atoms with van der Waals surface area (Å²) in [4.78, 5) is 8.65. The van der Waals surface area contributed by atoms with E-state index in [9.17, 15) is 8.78 Å². The van der Waals surface area contributed by atoms with Crippen LogP contribution < -0.4 is 5.32 Å². The Morgan fingerprint density at radius 1 is 1.26 bits per heavy atom. The standard InChI is InChI=1S/C27H31F2N8O/c1-17-25(34-35-37(17)14-20-8-6-19(7-9-20)13-31-15-30)21-11-23-26(36(16-33-23)27(28)29)24(12-21)38-18(2)22-5-3-4-10-32-22/h3-5,10,12,14,16,18-21,27,31H,6-9,11,13H2,1-2H3/q+1/b37-14-/t18-,19?,20?,21?/m1/s1. The summed E-state index contributed by atoms with van der Waals surface area (Å²) in [6.07, 6.45) is 13.0. The summed E-state index contributed by atoms with van der Waals surface area (Å²) in [5, 5.41) is 20.4. The van der Waals surface area contributed by atoms with Gasteiger partial charge in [-0.05, 0) is 56.7 Å². The fourth-order valence-electron chi connectivity index (χ4n) is 5.40. The molecule has 3 aliphatic rings. The first-order chi connectivity index (χ1) is 18.4. The lowest BCUT2D eigenvalue weighted by Gasteiger charge is -2.25. The molecule has 0 radical (unpaired) electrons. The molecule has 1 saturated carbocycles. The number of nitrogens with zero attached hydrogens (tertiary/aromatic N) is 7. The van der Waals surface area contributed by atoms with Gasteiger partial charge in [-0.1, -0.05) is 6.07 Å². The Balaban J connectivity index is 1.38. The third kappa shape index (κ3) is 5.35. The second kappa shape index (κ2) is 11.2. The Morgan fingerprint density at radius 2 is 2.08 bits per heavy atom. The number of rotatable bonds is 8. The van der Waals surface area contributed by atoms with Crippen LogP contribution in [0.1, 0.15) is 69.3 Å². The van der Waals surface area contributed by atoms with E-state index in [1.165, 1.54) is 6.33 Å². The molecule has 0 amide bonds. The number of aromatic nitrogens is 3. The van der Waals surface area contributed by atoms with Gasteiger partial charge in [0, 0.05) is 32.0 Å². The van der Waals surface area contributed by atoms with Gasteiger partial charge in [-0.15, -0.1) is 4.68 Å². The molecule has 198 valence electrons. The average molecular weight is 522 g/mol. The van der Waals surface area contributed by atoms with Gasteiger partial charge < -0.3 is 10.1 Å². The van der Waals surface area contributed by atoms with Gasteiger partial charge >= 0.3 is 6.55 Å². The van der Waals surface area contributed by atoms with Crippen LogP contribution in [-0.2, 0) is 11.2 Å². The van der Waals surface area contributed by atoms with Crippen LogP contribution in [0.4, 0.5) is 8.78 Å². The van der Waals surface area contributed by atoms with Crippen molar-refractivity contribution in [3.05, 3.63) is 65.3 Å². The molecule has 5 rings (SSSR count). The fourth-order valence-corrected chi connectivity index (χ4v) is 5.40. The summed E-state index contributed by atoms with van der Waals surface area (Å²) in [5.41, 5.74) is 3.22. The normalized spacial score (nSPS) is 24.8. The Hall–Kier alpha value is -3.94. The molecular formula is C27H31F2N8O+. The van der Waals surface area contributed by atoms with Crippen molar-refractivity contribution in [2.45, 2.75) is 58.6 Å². The number of ether oxygens (including phenoxy) is 1. The first-order valence-corrected chi connectivity index (χ1v) is 13.0. The highest BCUT2D eigenvalue weighted by molar-refractivity contribution is 5.63. The van der Waals surface area contributed by atoms with Gasteiger partial charge in [0.15, 0.2) is 11.9 Å². The number of nitrogens with one attached hydrogen (secondary N) is 1. The van der Waals surface area contributed by atoms with E-state index in [1.54, 1.807) is 6.20 Å². The highest BCUT2D eigenvalue weighted by Crippen LogP contribution is 2.39. The van der Waals surface area contributed by atoms with Crippen LogP contribution in [0.25, 0.3) is 5.76 Å². The quantitative estimate of drug-likeness (QED) is 0.279. The van der Waals surface area contributed by atoms with Gasteiger partial charge in [0.25, 0.3) is 0 Å². The van der Waals surface area contributed by atoms with Crippen molar-refractivity contribution in [3.63, 3.8) is 0 Å². The van der Waals surface area contributed by atoms with Gasteiger partial charge in [-0.25, -0.2) is 4.98 Å². The van der Waals surface area contributed by atoms with Crippen LogP contribution in [0.2, 0.25) is 0 Å². The zero-order valence-corrected chi connectivity index (χ0v) is 21.5. The van der Waals surface area contributed by atoms with E-state index in [1.807, 2.05) is 49.0 Å². The van der Waals surface area contributed by atoms with Gasteiger partial charge in [-0.3, -0.25) is 9.55 Å². The van der Waals surface area contributed by atoms with E-state index in [-0.39, 0.29) is 5.92 Å². The maximum atomic E-state index is 13.8. The van der Waals surface area contributed by atoms with Crippen molar-refractivity contribution in [1.29, 1.82) is 5.26 Å². The number of imidazole rings is 1. The van der Waals surface area contributed by atoms with Crippen LogP contribution in [-0.4, -0.2) is 32.0 Å². The third-order valence-corrected chi connectivity index (χ3v) is 7.51. The summed E-state index contributed by atoms with van der Waals surface area (Å²) >= 11 is 0. The van der Waals surface area contributed by atoms with E-state index in [2.05, 4.69) is 31.8 Å². The number of alkyl halides is 2. The van der Waals surface area contributed by atoms with Crippen molar-refractivity contribution >= 4 is 12.0 Å². The molecule has 2 aliphatic carbocycles. The SMILES string of the molecule is CC1=C(C2C=C(O[C@H](C)c3ccccn3)c3c(ncn3C(F)F)C2)N=N/[N+]1=C\C1CCC(CNC#N)CC1. The van der Waals surface area contributed by atoms with Crippen molar-refractivity contribution in [2.75, 3.05) is 6.54 Å². The smallest absolute Gasteiger partial charge is 0.320 e. The molecule has 2 atom stereocenters. The first kappa shape index (κ1) is 25.7. The van der Waals surface area contributed by atoms with Crippen molar-refractivity contribution in [3.8, 4) is 6.19 Å². The first-order valence-electron chi connectivity index (χ1n) is 13.0. The molecule has 2 aromatic heterocycles. The predicted molar refractivity (Wildman–Crippen MR) is 135 cm³/mol. The summed E-state index contributed by atoms with van der Waals surface area (Å²) in [6.45, 7) is 1.82. The average Bonchev–Trinajstić information content (AvgIpc) is 3.52. The fraction of sp³-hybridized carbons (Fsp3) is 0.481. The lowest BCUT2D eigenvalue weighted by atomic mass is 9.82. The number of halogens is 2. The molecule has 1 unspecified atom stereocenters. The van der Waals surface area contributed by atoms with Crippen molar-refractivity contribution in [2.24, 2.45) is 28.1 Å². The topological polar surface area (TPSA) is 103 Å². The molecule has 0 spiro atoms. The van der Waals surface area contributed by atoms with Crippen LogP contribution >= 0.6 is 0 Å². The van der Waals surface area contributed by atoms with Gasteiger partial charge in [0.1, 0.15) is 35.3 Å². The minimum atomic E-state index is -2.73. The molecule has 3 heterocycles. The lowest BCUT2D eigenvalue weighted by molar-refractivity contribution is -0.481. The van der Waals surface area contributed by atoms with Gasteiger partial charge in [-0.2, -0.15) is 14.0 Å². The molecule has 1 N–H and O–H groups in total. The molecule has 0 saturated heterocycles. The Labute approximate surface area is 220 Å². The maximum Gasteiger partial charge on any atom is 0.320 e. The van der Waals surface area contributed by atoms with Crippen molar-refractivity contribution < 1.29 is 18.2 Å². The summed E-state index contributed by atoms with van der Waals surface area (Å²) < 4.78 is 36.5. The van der Waals surface area contributed by atoms with Crippen LogP contribution in [0.3, 0.4) is 0 Å². The molecule has 9 nitrogen and oxygen atoms in total. The number of hydrogen-bond donors (Lipinski definition) is 1. The second-order valence-electron chi connectivity index (χ2n) is 10.0. The highest BCUT2D eigenvalue weighted by atomic mass is 19.3. The van der Waals surface area contributed by atoms with E-state index >= 15 is 0 Å². The second-order valence-corrected chi connectivity index (χ2v) is 10.0. The molecule has 1 fully saturated rings. The van der Waals surface area contributed by atoms with Gasteiger partial charge in [0.05, 0.1) is 22.4 Å². The minimum Gasteiger partial charge on any atom is -0.482 e. The number of allylic oxidation sites excluding steroid dienone is 2. The van der Waals surface area contributed by atoms with Crippen LogP contribution in [0.5, 0.6) is 0 Å². The number of hydrogen-bond acceptors (Lipinski definition) is 7. The Bertz CT molecular complexity index is 1320.